The van der Waals surface area contributed by atoms with Crippen molar-refractivity contribution in [3.63, 3.8) is 0 Å². The van der Waals surface area contributed by atoms with Gasteiger partial charge in [0.2, 0.25) is 23.2 Å². The van der Waals surface area contributed by atoms with Crippen molar-refractivity contribution in [2.24, 2.45) is 0 Å². The number of aromatic hydroxyl groups is 3. The van der Waals surface area contributed by atoms with Crippen molar-refractivity contribution in [1.82, 2.24) is 0 Å². The van der Waals surface area contributed by atoms with Crippen LogP contribution in [0, 0.1) is 0 Å². The molecule has 2 aromatic carbocycles. The summed E-state index contributed by atoms with van der Waals surface area (Å²) in [6.07, 6.45) is -6.31. The summed E-state index contributed by atoms with van der Waals surface area (Å²) < 4.78 is 26.9. The molecule has 1 aromatic heterocycles. The SMILES string of the molecule is COc1cc(-c2oc3cc(O)cc(O)c3c(=O)c2O[C@@H]2OC[C@H](O)[C@H](O)[C@H]2O)cc(OC)c1O. The van der Waals surface area contributed by atoms with Gasteiger partial charge in [0.05, 0.1) is 20.8 Å². The summed E-state index contributed by atoms with van der Waals surface area (Å²) in [5, 5.41) is 59.9. The van der Waals surface area contributed by atoms with Gasteiger partial charge >= 0.3 is 0 Å². The van der Waals surface area contributed by atoms with E-state index in [2.05, 4.69) is 0 Å². The monoisotopic (exact) mass is 478 g/mol. The summed E-state index contributed by atoms with van der Waals surface area (Å²) in [6, 6.07) is 4.66. The van der Waals surface area contributed by atoms with Crippen molar-refractivity contribution in [3.05, 3.63) is 34.5 Å². The molecule has 1 aliphatic heterocycles. The van der Waals surface area contributed by atoms with E-state index < -0.39 is 48.1 Å². The smallest absolute Gasteiger partial charge is 0.239 e. The van der Waals surface area contributed by atoms with E-state index in [1.807, 2.05) is 0 Å². The van der Waals surface area contributed by atoms with Crippen LogP contribution < -0.4 is 19.6 Å². The number of phenolic OH excluding ortho intramolecular Hbond substituents is 3. The maximum absolute atomic E-state index is 13.4. The molecule has 0 radical (unpaired) electrons. The highest BCUT2D eigenvalue weighted by Crippen LogP contribution is 2.43. The van der Waals surface area contributed by atoms with Crippen LogP contribution in [0.5, 0.6) is 34.5 Å². The predicted molar refractivity (Wildman–Crippen MR) is 114 cm³/mol. The lowest BCUT2D eigenvalue weighted by molar-refractivity contribution is -0.242. The Morgan fingerprint density at radius 1 is 0.941 bits per heavy atom. The van der Waals surface area contributed by atoms with Crippen LogP contribution in [-0.2, 0) is 4.74 Å². The molecular formula is C22H22O12. The van der Waals surface area contributed by atoms with Crippen molar-refractivity contribution in [2.45, 2.75) is 24.6 Å². The molecule has 0 aliphatic carbocycles. The Labute approximate surface area is 191 Å². The summed E-state index contributed by atoms with van der Waals surface area (Å²) in [5.41, 5.74) is -0.971. The fraction of sp³-hybridized carbons (Fsp3) is 0.318. The number of hydrogen-bond donors (Lipinski definition) is 6. The zero-order chi connectivity index (χ0) is 24.7. The number of hydrogen-bond acceptors (Lipinski definition) is 12. The second-order valence-electron chi connectivity index (χ2n) is 7.52. The number of fused-ring (bicyclic) bond motifs is 1. The first-order valence-corrected chi connectivity index (χ1v) is 9.96. The van der Waals surface area contributed by atoms with E-state index in [1.165, 1.54) is 26.4 Å². The van der Waals surface area contributed by atoms with E-state index in [0.29, 0.717) is 0 Å². The van der Waals surface area contributed by atoms with Crippen molar-refractivity contribution >= 4 is 11.0 Å². The summed E-state index contributed by atoms with van der Waals surface area (Å²) >= 11 is 0. The van der Waals surface area contributed by atoms with Gasteiger partial charge in [0.25, 0.3) is 0 Å². The van der Waals surface area contributed by atoms with Gasteiger partial charge in [-0.05, 0) is 12.1 Å². The van der Waals surface area contributed by atoms with Crippen molar-refractivity contribution in [3.8, 4) is 45.8 Å². The van der Waals surface area contributed by atoms with Gasteiger partial charge in [0.15, 0.2) is 17.3 Å². The van der Waals surface area contributed by atoms with Crippen LogP contribution in [0.15, 0.2) is 33.5 Å². The molecular weight excluding hydrogens is 456 g/mol. The topological polar surface area (TPSA) is 189 Å². The molecule has 2 heterocycles. The average molecular weight is 478 g/mol. The third-order valence-electron chi connectivity index (χ3n) is 5.35. The van der Waals surface area contributed by atoms with Crippen molar-refractivity contribution < 1.29 is 54.0 Å². The summed E-state index contributed by atoms with van der Waals surface area (Å²) in [4.78, 5) is 13.4. The quantitative estimate of drug-likeness (QED) is 0.297. The van der Waals surface area contributed by atoms with Gasteiger partial charge < -0.3 is 54.0 Å². The van der Waals surface area contributed by atoms with Gasteiger partial charge in [-0.1, -0.05) is 0 Å². The Bertz CT molecular complexity index is 1260. The van der Waals surface area contributed by atoms with E-state index in [-0.39, 0.29) is 45.3 Å². The molecule has 6 N–H and O–H groups in total. The van der Waals surface area contributed by atoms with Crippen molar-refractivity contribution in [2.75, 3.05) is 20.8 Å². The van der Waals surface area contributed by atoms with E-state index >= 15 is 0 Å². The Morgan fingerprint density at radius 3 is 2.21 bits per heavy atom. The minimum Gasteiger partial charge on any atom is -0.508 e. The first-order chi connectivity index (χ1) is 16.2. The highest BCUT2D eigenvalue weighted by atomic mass is 16.7. The maximum atomic E-state index is 13.4. The number of methoxy groups -OCH3 is 2. The number of aliphatic hydroxyl groups excluding tert-OH is 3. The molecule has 0 amide bonds. The Hall–Kier alpha value is -3.71. The van der Waals surface area contributed by atoms with Gasteiger partial charge in [-0.25, -0.2) is 0 Å². The van der Waals surface area contributed by atoms with Crippen LogP contribution in [0.2, 0.25) is 0 Å². The molecule has 1 aliphatic rings. The lowest BCUT2D eigenvalue weighted by atomic mass is 10.1. The minimum absolute atomic E-state index is 0.0331. The Morgan fingerprint density at radius 2 is 1.59 bits per heavy atom. The average Bonchev–Trinajstić information content (AvgIpc) is 2.80. The molecule has 4 atom stereocenters. The fourth-order valence-electron chi connectivity index (χ4n) is 3.59. The highest BCUT2D eigenvalue weighted by Gasteiger charge is 2.40. The zero-order valence-corrected chi connectivity index (χ0v) is 18.0. The zero-order valence-electron chi connectivity index (χ0n) is 18.0. The summed E-state index contributed by atoms with van der Waals surface area (Å²) in [7, 11) is 2.59. The Kier molecular flexibility index (Phi) is 6.15. The van der Waals surface area contributed by atoms with Crippen LogP contribution in [0.1, 0.15) is 0 Å². The lowest BCUT2D eigenvalue weighted by Crippen LogP contribution is -2.55. The highest BCUT2D eigenvalue weighted by molar-refractivity contribution is 5.88. The summed E-state index contributed by atoms with van der Waals surface area (Å²) in [5.74, 6) is -2.15. The normalized spacial score (nSPS) is 22.5. The first kappa shape index (κ1) is 23.4. The lowest BCUT2D eigenvalue weighted by Gasteiger charge is -2.34. The summed E-state index contributed by atoms with van der Waals surface area (Å²) in [6.45, 7) is -0.392. The molecule has 0 spiro atoms. The van der Waals surface area contributed by atoms with Crippen LogP contribution in [0.4, 0.5) is 0 Å². The number of rotatable bonds is 5. The van der Waals surface area contributed by atoms with Gasteiger partial charge in [-0.3, -0.25) is 4.79 Å². The molecule has 12 heteroatoms. The van der Waals surface area contributed by atoms with E-state index in [1.54, 1.807) is 0 Å². The third-order valence-corrected chi connectivity index (χ3v) is 5.35. The number of phenols is 3. The predicted octanol–water partition coefficient (Wildman–Crippen LogP) is 0.412. The molecule has 4 rings (SSSR count). The largest absolute Gasteiger partial charge is 0.508 e. The second-order valence-corrected chi connectivity index (χ2v) is 7.52. The van der Waals surface area contributed by atoms with Gasteiger partial charge in [-0.2, -0.15) is 0 Å². The second kappa shape index (κ2) is 8.91. The van der Waals surface area contributed by atoms with Crippen LogP contribution in [0.3, 0.4) is 0 Å². The van der Waals surface area contributed by atoms with Gasteiger partial charge in [-0.15, -0.1) is 0 Å². The standard InChI is InChI=1S/C22H22O12/c1-30-13-3-8(4-14(31-2)17(13)27)20-21(34-22-19(29)16(26)11(25)7-32-22)18(28)15-10(24)5-9(23)6-12(15)33-20/h3-6,11,16,19,22-27,29H,7H2,1-2H3/t11-,16-,19+,22-/m0/s1. The first-order valence-electron chi connectivity index (χ1n) is 9.96. The van der Waals surface area contributed by atoms with Gasteiger partial charge in [0.1, 0.15) is 40.8 Å². The number of aliphatic hydroxyl groups is 3. The van der Waals surface area contributed by atoms with E-state index in [4.69, 9.17) is 23.4 Å². The van der Waals surface area contributed by atoms with Gasteiger partial charge in [0, 0.05) is 17.7 Å². The van der Waals surface area contributed by atoms with Crippen molar-refractivity contribution in [1.29, 1.82) is 0 Å². The minimum atomic E-state index is -1.73. The maximum Gasteiger partial charge on any atom is 0.239 e. The number of ether oxygens (including phenoxy) is 4. The van der Waals surface area contributed by atoms with Crippen LogP contribution in [-0.4, -0.2) is 76.1 Å². The Balaban J connectivity index is 1.96. The molecule has 12 nitrogen and oxygen atoms in total. The number of benzene rings is 2. The molecule has 34 heavy (non-hydrogen) atoms. The third kappa shape index (κ3) is 3.92. The molecule has 3 aromatic rings. The van der Waals surface area contributed by atoms with Crippen LogP contribution in [0.25, 0.3) is 22.3 Å². The molecule has 0 unspecified atom stereocenters. The van der Waals surface area contributed by atoms with Crippen LogP contribution >= 0.6 is 0 Å². The van der Waals surface area contributed by atoms with E-state index in [9.17, 15) is 35.4 Å². The molecule has 1 saturated heterocycles. The molecule has 1 fully saturated rings. The molecule has 0 saturated carbocycles. The van der Waals surface area contributed by atoms with E-state index in [0.717, 1.165) is 12.1 Å². The molecule has 0 bridgehead atoms. The fourth-order valence-corrected chi connectivity index (χ4v) is 3.59. The molecule has 182 valence electrons.